The standard InChI is InChI=1S/C3H6N6O2/c4-1-6-2(5)8-3(7-1)9(10)11/h10-11H,(H4,4,5,6,7,8). The summed E-state index contributed by atoms with van der Waals surface area (Å²) in [7, 11) is 0. The molecule has 8 heteroatoms. The van der Waals surface area contributed by atoms with E-state index >= 15 is 0 Å². The molecule has 1 aromatic heterocycles. The minimum Gasteiger partial charge on any atom is -0.368 e. The van der Waals surface area contributed by atoms with Crippen molar-refractivity contribution in [1.29, 1.82) is 0 Å². The Balaban J connectivity index is 3.08. The number of nitrogen functional groups attached to an aromatic ring is 2. The number of hydrogen-bond acceptors (Lipinski definition) is 8. The van der Waals surface area contributed by atoms with Crippen molar-refractivity contribution >= 4 is 17.8 Å². The van der Waals surface area contributed by atoms with E-state index in [0.29, 0.717) is 0 Å². The second-order valence-electron chi connectivity index (χ2n) is 1.64. The number of rotatable bonds is 1. The summed E-state index contributed by atoms with van der Waals surface area (Å²) >= 11 is 0. The van der Waals surface area contributed by atoms with Crippen LogP contribution < -0.4 is 16.7 Å². The molecular weight excluding hydrogens is 152 g/mol. The van der Waals surface area contributed by atoms with E-state index in [1.54, 1.807) is 0 Å². The molecule has 6 N–H and O–H groups in total. The van der Waals surface area contributed by atoms with Gasteiger partial charge in [0, 0.05) is 0 Å². The van der Waals surface area contributed by atoms with Crippen LogP contribution in [0.2, 0.25) is 0 Å². The fourth-order valence-electron chi connectivity index (χ4n) is 0.487. The van der Waals surface area contributed by atoms with Crippen molar-refractivity contribution in [2.24, 2.45) is 0 Å². The Morgan fingerprint density at radius 1 is 1.00 bits per heavy atom. The van der Waals surface area contributed by atoms with E-state index in [1.807, 2.05) is 0 Å². The first-order chi connectivity index (χ1) is 5.09. The largest absolute Gasteiger partial charge is 0.368 e. The van der Waals surface area contributed by atoms with Crippen molar-refractivity contribution in [3.63, 3.8) is 0 Å². The highest BCUT2D eigenvalue weighted by Gasteiger charge is 2.05. The van der Waals surface area contributed by atoms with Crippen LogP contribution in [0.5, 0.6) is 0 Å². The maximum Gasteiger partial charge on any atom is 0.283 e. The highest BCUT2D eigenvalue weighted by molar-refractivity contribution is 5.35. The lowest BCUT2D eigenvalue weighted by molar-refractivity contribution is 0.0242. The van der Waals surface area contributed by atoms with Crippen LogP contribution in [0, 0.1) is 0 Å². The van der Waals surface area contributed by atoms with Crippen LogP contribution in [0.3, 0.4) is 0 Å². The van der Waals surface area contributed by atoms with Crippen LogP contribution >= 0.6 is 0 Å². The second kappa shape index (κ2) is 2.52. The molecule has 1 aromatic rings. The summed E-state index contributed by atoms with van der Waals surface area (Å²) in [6.45, 7) is 0. The van der Waals surface area contributed by atoms with Crippen molar-refractivity contribution in [2.45, 2.75) is 0 Å². The highest BCUT2D eigenvalue weighted by atomic mass is 16.8. The van der Waals surface area contributed by atoms with Gasteiger partial charge in [0.1, 0.15) is 0 Å². The predicted molar refractivity (Wildman–Crippen MR) is 34.7 cm³/mol. The second-order valence-corrected chi connectivity index (χ2v) is 1.64. The summed E-state index contributed by atoms with van der Waals surface area (Å²) in [4.78, 5) is 10.1. The van der Waals surface area contributed by atoms with E-state index < -0.39 is 5.95 Å². The van der Waals surface area contributed by atoms with Gasteiger partial charge in [-0.2, -0.15) is 15.0 Å². The van der Waals surface area contributed by atoms with Crippen LogP contribution in [0.4, 0.5) is 17.8 Å². The molecule has 0 aliphatic carbocycles. The predicted octanol–water partition coefficient (Wildman–Crippen LogP) is -1.38. The SMILES string of the molecule is Nc1nc(N)nc(N(O)O)n1. The summed E-state index contributed by atoms with van der Waals surface area (Å²) in [6, 6.07) is 0. The van der Waals surface area contributed by atoms with Gasteiger partial charge >= 0.3 is 0 Å². The Kier molecular flexibility index (Phi) is 1.70. The zero-order valence-corrected chi connectivity index (χ0v) is 5.34. The lowest BCUT2D eigenvalue weighted by Gasteiger charge is -2.04. The molecule has 0 amide bonds. The normalized spacial score (nSPS) is 9.64. The molecule has 11 heavy (non-hydrogen) atoms. The summed E-state index contributed by atoms with van der Waals surface area (Å²) < 4.78 is 0. The van der Waals surface area contributed by atoms with Gasteiger partial charge < -0.3 is 11.5 Å². The van der Waals surface area contributed by atoms with Gasteiger partial charge in [0.2, 0.25) is 11.9 Å². The van der Waals surface area contributed by atoms with Crippen LogP contribution in [0.25, 0.3) is 0 Å². The van der Waals surface area contributed by atoms with E-state index in [1.165, 1.54) is 0 Å². The number of anilines is 3. The van der Waals surface area contributed by atoms with Crippen molar-refractivity contribution in [1.82, 2.24) is 15.0 Å². The average molecular weight is 158 g/mol. The fourth-order valence-corrected chi connectivity index (χ4v) is 0.487. The third kappa shape index (κ3) is 1.63. The summed E-state index contributed by atoms with van der Waals surface area (Å²) in [5.41, 5.74) is 10.2. The molecule has 0 unspecified atom stereocenters. The molecule has 0 radical (unpaired) electrons. The fraction of sp³-hybridized carbons (Fsp3) is 0. The molecule has 8 nitrogen and oxygen atoms in total. The van der Waals surface area contributed by atoms with E-state index in [-0.39, 0.29) is 17.1 Å². The zero-order valence-electron chi connectivity index (χ0n) is 5.34. The maximum atomic E-state index is 8.40. The molecule has 0 bridgehead atoms. The molecule has 0 atom stereocenters. The lowest BCUT2D eigenvalue weighted by Crippen LogP contribution is -2.17. The molecule has 0 fully saturated rings. The molecular formula is C3H6N6O2. The van der Waals surface area contributed by atoms with E-state index in [0.717, 1.165) is 0 Å². The lowest BCUT2D eigenvalue weighted by atomic mass is 10.8. The smallest absolute Gasteiger partial charge is 0.283 e. The van der Waals surface area contributed by atoms with Crippen molar-refractivity contribution in [3.8, 4) is 0 Å². The minimum absolute atomic E-state index is 0.180. The van der Waals surface area contributed by atoms with E-state index in [4.69, 9.17) is 21.9 Å². The van der Waals surface area contributed by atoms with Gasteiger partial charge in [-0.1, -0.05) is 5.23 Å². The quantitative estimate of drug-likeness (QED) is 0.367. The monoisotopic (exact) mass is 158 g/mol. The third-order valence-corrected chi connectivity index (χ3v) is 0.837. The molecule has 0 aromatic carbocycles. The summed E-state index contributed by atoms with van der Waals surface area (Å²) in [5.74, 6) is -0.781. The van der Waals surface area contributed by atoms with Gasteiger partial charge in [0.25, 0.3) is 5.95 Å². The van der Waals surface area contributed by atoms with Crippen molar-refractivity contribution in [2.75, 3.05) is 16.7 Å². The van der Waals surface area contributed by atoms with Crippen LogP contribution in [0.15, 0.2) is 0 Å². The van der Waals surface area contributed by atoms with Crippen molar-refractivity contribution in [3.05, 3.63) is 0 Å². The topological polar surface area (TPSA) is 134 Å². The van der Waals surface area contributed by atoms with E-state index in [2.05, 4.69) is 15.0 Å². The Morgan fingerprint density at radius 3 is 1.82 bits per heavy atom. The Hall–Kier alpha value is -1.67. The van der Waals surface area contributed by atoms with Gasteiger partial charge in [-0.25, -0.2) is 0 Å². The van der Waals surface area contributed by atoms with Crippen molar-refractivity contribution < 1.29 is 10.4 Å². The Labute approximate surface area is 61.0 Å². The molecule has 0 saturated heterocycles. The highest BCUT2D eigenvalue weighted by Crippen LogP contribution is 2.04. The van der Waals surface area contributed by atoms with Crippen LogP contribution in [-0.4, -0.2) is 25.4 Å². The van der Waals surface area contributed by atoms with E-state index in [9.17, 15) is 0 Å². The molecule has 0 saturated carbocycles. The molecule has 60 valence electrons. The molecule has 1 heterocycles. The van der Waals surface area contributed by atoms with Gasteiger partial charge in [-0.15, -0.1) is 0 Å². The Morgan fingerprint density at radius 2 is 1.45 bits per heavy atom. The van der Waals surface area contributed by atoms with Gasteiger partial charge in [0.05, 0.1) is 0 Å². The number of hydrogen-bond donors (Lipinski definition) is 4. The summed E-state index contributed by atoms with van der Waals surface area (Å²) in [5, 5.41) is 16.5. The first kappa shape index (κ1) is 7.44. The molecule has 0 aliphatic heterocycles. The third-order valence-electron chi connectivity index (χ3n) is 0.837. The van der Waals surface area contributed by atoms with Crippen LogP contribution in [0.1, 0.15) is 0 Å². The molecule has 1 rings (SSSR count). The zero-order chi connectivity index (χ0) is 8.43. The minimum atomic E-state index is -0.421. The van der Waals surface area contributed by atoms with Gasteiger partial charge in [0.15, 0.2) is 0 Å². The molecule has 0 aliphatic rings. The maximum absolute atomic E-state index is 8.40. The van der Waals surface area contributed by atoms with Crippen LogP contribution in [-0.2, 0) is 0 Å². The number of aromatic nitrogens is 3. The number of nitrogens with two attached hydrogens (primary N) is 2. The Bertz CT molecular complexity index is 242. The van der Waals surface area contributed by atoms with Gasteiger partial charge in [-0.3, -0.25) is 10.4 Å². The summed E-state index contributed by atoms with van der Waals surface area (Å²) in [6.07, 6.45) is 0. The first-order valence-electron chi connectivity index (χ1n) is 2.54. The molecule has 0 spiro atoms. The van der Waals surface area contributed by atoms with Gasteiger partial charge in [-0.05, 0) is 0 Å². The first-order valence-corrected chi connectivity index (χ1v) is 2.54. The average Bonchev–Trinajstić information content (AvgIpc) is 1.85. The number of nitrogens with zero attached hydrogens (tertiary/aromatic N) is 4.